The van der Waals surface area contributed by atoms with Gasteiger partial charge in [0, 0.05) is 19.6 Å². The van der Waals surface area contributed by atoms with Gasteiger partial charge in [0.25, 0.3) is 5.91 Å². The number of nitriles is 1. The highest BCUT2D eigenvalue weighted by Crippen LogP contribution is 2.34. The molecule has 38 heavy (non-hydrogen) atoms. The molecule has 8 nitrogen and oxygen atoms in total. The van der Waals surface area contributed by atoms with Gasteiger partial charge in [-0.15, -0.1) is 0 Å². The quantitative estimate of drug-likeness (QED) is 0.356. The maximum absolute atomic E-state index is 13.6. The molecule has 1 fully saturated rings. The van der Waals surface area contributed by atoms with E-state index in [-0.39, 0.29) is 41.7 Å². The van der Waals surface area contributed by atoms with Gasteiger partial charge >= 0.3 is 6.03 Å². The number of benzene rings is 3. The number of anilines is 1. The van der Waals surface area contributed by atoms with Crippen molar-refractivity contribution in [3.63, 3.8) is 0 Å². The molecule has 10 heteroatoms. The van der Waals surface area contributed by atoms with E-state index in [0.29, 0.717) is 0 Å². The first kappa shape index (κ1) is 27.3. The monoisotopic (exact) mass is 550 g/mol. The zero-order chi connectivity index (χ0) is 27.5. The lowest BCUT2D eigenvalue weighted by molar-refractivity contribution is -0.123. The maximum Gasteiger partial charge on any atom is 0.332 e. The molecule has 0 aliphatic carbocycles. The van der Waals surface area contributed by atoms with E-state index < -0.39 is 27.5 Å². The Balaban J connectivity index is 1.57. The van der Waals surface area contributed by atoms with E-state index in [1.807, 2.05) is 66.7 Å². The first-order chi connectivity index (χ1) is 18.0. The van der Waals surface area contributed by atoms with Crippen LogP contribution in [0.5, 0.6) is 0 Å². The van der Waals surface area contributed by atoms with Crippen molar-refractivity contribution in [3.05, 3.63) is 101 Å². The minimum atomic E-state index is -3.84. The standard InChI is InChI=1S/C28H27ClN4O4S/c1-28(2)26(34)33(24-14-13-23(18-30)25(29)17-24)27(35)32(28)15-16-38(36,37)31(19-21-9-5-3-6-10-21)20-22-11-7-4-8-12-22/h3-14,17H,15-16,19-20H2,1-2H3. The van der Waals surface area contributed by atoms with Crippen LogP contribution in [0.3, 0.4) is 0 Å². The summed E-state index contributed by atoms with van der Waals surface area (Å²) in [5.41, 5.74) is 0.828. The second-order valence-corrected chi connectivity index (χ2v) is 12.0. The van der Waals surface area contributed by atoms with E-state index in [2.05, 4.69) is 0 Å². The molecule has 1 heterocycles. The van der Waals surface area contributed by atoms with Gasteiger partial charge in [-0.1, -0.05) is 72.3 Å². The van der Waals surface area contributed by atoms with E-state index in [1.165, 1.54) is 27.4 Å². The number of imide groups is 1. The number of nitrogens with zero attached hydrogens (tertiary/aromatic N) is 4. The molecule has 1 aliphatic heterocycles. The van der Waals surface area contributed by atoms with E-state index >= 15 is 0 Å². The van der Waals surface area contributed by atoms with Crippen LogP contribution in [-0.4, -0.2) is 47.4 Å². The summed E-state index contributed by atoms with van der Waals surface area (Å²) in [5.74, 6) is -0.872. The van der Waals surface area contributed by atoms with Crippen molar-refractivity contribution in [2.24, 2.45) is 0 Å². The van der Waals surface area contributed by atoms with E-state index in [0.717, 1.165) is 16.0 Å². The van der Waals surface area contributed by atoms with Crippen molar-refractivity contribution in [1.82, 2.24) is 9.21 Å². The van der Waals surface area contributed by atoms with Crippen LogP contribution >= 0.6 is 11.6 Å². The summed E-state index contributed by atoms with van der Waals surface area (Å²) in [6.45, 7) is 3.32. The minimum absolute atomic E-state index is 0.113. The third kappa shape index (κ3) is 5.58. The summed E-state index contributed by atoms with van der Waals surface area (Å²) in [6, 6.07) is 24.2. The molecule has 3 aromatic carbocycles. The van der Waals surface area contributed by atoms with Crippen LogP contribution in [-0.2, 0) is 27.9 Å². The number of amides is 3. The highest BCUT2D eigenvalue weighted by molar-refractivity contribution is 7.89. The number of carbonyl (C=O) groups excluding carboxylic acids is 2. The average Bonchev–Trinajstić information content (AvgIpc) is 3.06. The molecular weight excluding hydrogens is 524 g/mol. The van der Waals surface area contributed by atoms with Crippen molar-refractivity contribution in [2.75, 3.05) is 17.2 Å². The fraction of sp³-hybridized carbons (Fsp3) is 0.250. The summed E-state index contributed by atoms with van der Waals surface area (Å²) >= 11 is 6.13. The summed E-state index contributed by atoms with van der Waals surface area (Å²) in [5, 5.41) is 9.24. The van der Waals surface area contributed by atoms with Gasteiger partial charge in [-0.25, -0.2) is 18.1 Å². The normalized spacial score (nSPS) is 15.2. The molecule has 0 atom stereocenters. The Hall–Kier alpha value is -3.71. The van der Waals surface area contributed by atoms with Crippen molar-refractivity contribution < 1.29 is 18.0 Å². The van der Waals surface area contributed by atoms with Crippen molar-refractivity contribution in [2.45, 2.75) is 32.5 Å². The SMILES string of the molecule is CC1(C)C(=O)N(c2ccc(C#N)c(Cl)c2)C(=O)N1CCS(=O)(=O)N(Cc1ccccc1)Cc1ccccc1. The number of hydrogen-bond donors (Lipinski definition) is 0. The predicted molar refractivity (Wildman–Crippen MR) is 146 cm³/mol. The largest absolute Gasteiger partial charge is 0.332 e. The number of rotatable bonds is 9. The molecule has 196 valence electrons. The average molecular weight is 551 g/mol. The van der Waals surface area contributed by atoms with Gasteiger partial charge in [-0.3, -0.25) is 4.79 Å². The lowest BCUT2D eigenvalue weighted by Gasteiger charge is -2.29. The topological polar surface area (TPSA) is 102 Å². The van der Waals surface area contributed by atoms with Gasteiger partial charge in [-0.05, 0) is 43.2 Å². The van der Waals surface area contributed by atoms with Crippen molar-refractivity contribution >= 4 is 39.2 Å². The smallest absolute Gasteiger partial charge is 0.309 e. The van der Waals surface area contributed by atoms with Gasteiger partial charge in [-0.2, -0.15) is 9.57 Å². The molecule has 3 aromatic rings. The first-order valence-electron chi connectivity index (χ1n) is 12.0. The Morgan fingerprint density at radius 3 is 1.97 bits per heavy atom. The summed E-state index contributed by atoms with van der Waals surface area (Å²) < 4.78 is 28.6. The second-order valence-electron chi connectivity index (χ2n) is 9.47. The Bertz CT molecular complexity index is 1450. The molecule has 0 spiro atoms. The number of carbonyl (C=O) groups is 2. The Morgan fingerprint density at radius 1 is 0.921 bits per heavy atom. The lowest BCUT2D eigenvalue weighted by atomic mass is 10.0. The van der Waals surface area contributed by atoms with Crippen LogP contribution in [0, 0.1) is 11.3 Å². The fourth-order valence-electron chi connectivity index (χ4n) is 4.33. The van der Waals surface area contributed by atoms with Gasteiger partial charge < -0.3 is 4.90 Å². The molecule has 3 amide bonds. The first-order valence-corrected chi connectivity index (χ1v) is 13.9. The van der Waals surface area contributed by atoms with Crippen molar-refractivity contribution in [1.29, 1.82) is 5.26 Å². The van der Waals surface area contributed by atoms with Crippen LogP contribution in [0.2, 0.25) is 5.02 Å². The lowest BCUT2D eigenvalue weighted by Crippen LogP contribution is -2.47. The predicted octanol–water partition coefficient (Wildman–Crippen LogP) is 4.79. The van der Waals surface area contributed by atoms with Crippen LogP contribution in [0.15, 0.2) is 78.9 Å². The molecule has 1 aliphatic rings. The van der Waals surface area contributed by atoms with E-state index in [4.69, 9.17) is 16.9 Å². The van der Waals surface area contributed by atoms with Crippen LogP contribution in [0.25, 0.3) is 0 Å². The molecule has 4 rings (SSSR count). The van der Waals surface area contributed by atoms with Crippen molar-refractivity contribution in [3.8, 4) is 6.07 Å². The van der Waals surface area contributed by atoms with Gasteiger partial charge in [0.1, 0.15) is 11.6 Å². The van der Waals surface area contributed by atoms with Gasteiger partial charge in [0.05, 0.1) is 22.0 Å². The molecule has 0 unspecified atom stereocenters. The Morgan fingerprint density at radius 2 is 1.47 bits per heavy atom. The summed E-state index contributed by atoms with van der Waals surface area (Å²) in [4.78, 5) is 28.9. The minimum Gasteiger partial charge on any atom is -0.309 e. The zero-order valence-corrected chi connectivity index (χ0v) is 22.6. The van der Waals surface area contributed by atoms with Crippen LogP contribution in [0.1, 0.15) is 30.5 Å². The second kappa shape index (κ2) is 11.0. The van der Waals surface area contributed by atoms with E-state index in [1.54, 1.807) is 13.8 Å². The molecule has 0 N–H and O–H groups in total. The number of sulfonamides is 1. The molecule has 0 saturated carbocycles. The number of halogens is 1. The Kier molecular flexibility index (Phi) is 7.88. The van der Waals surface area contributed by atoms with E-state index in [9.17, 15) is 18.0 Å². The van der Waals surface area contributed by atoms with Crippen LogP contribution in [0.4, 0.5) is 10.5 Å². The number of urea groups is 1. The zero-order valence-electron chi connectivity index (χ0n) is 21.0. The Labute approximate surface area is 227 Å². The highest BCUT2D eigenvalue weighted by Gasteiger charge is 2.52. The van der Waals surface area contributed by atoms with Gasteiger partial charge in [0.15, 0.2) is 0 Å². The summed E-state index contributed by atoms with van der Waals surface area (Å²) in [6.07, 6.45) is 0. The summed E-state index contributed by atoms with van der Waals surface area (Å²) in [7, 11) is -3.84. The maximum atomic E-state index is 13.6. The molecular formula is C28H27ClN4O4S. The fourth-order valence-corrected chi connectivity index (χ4v) is 5.91. The third-order valence-corrected chi connectivity index (χ3v) is 8.58. The molecule has 0 aromatic heterocycles. The third-order valence-electron chi connectivity index (χ3n) is 6.52. The van der Waals surface area contributed by atoms with Gasteiger partial charge in [0.2, 0.25) is 10.0 Å². The molecule has 0 bridgehead atoms. The molecule has 0 radical (unpaired) electrons. The van der Waals surface area contributed by atoms with Crippen LogP contribution < -0.4 is 4.90 Å². The molecule has 1 saturated heterocycles. The highest BCUT2D eigenvalue weighted by atomic mass is 35.5. The number of hydrogen-bond acceptors (Lipinski definition) is 5.